The summed E-state index contributed by atoms with van der Waals surface area (Å²) in [6, 6.07) is 0.388. The first-order chi connectivity index (χ1) is 9.19. The molecule has 0 aromatic carbocycles. The van der Waals surface area contributed by atoms with Crippen LogP contribution in [0.2, 0.25) is 0 Å². The summed E-state index contributed by atoms with van der Waals surface area (Å²) in [7, 11) is 0. The molecule has 0 unspecified atom stereocenters. The number of nitrogens with two attached hydrogens (primary N) is 1. The van der Waals surface area contributed by atoms with Crippen LogP contribution in [0.25, 0.3) is 0 Å². The molecule has 2 saturated heterocycles. The third-order valence-electron chi connectivity index (χ3n) is 4.19. The first-order valence-electron chi connectivity index (χ1n) is 7.58. The summed E-state index contributed by atoms with van der Waals surface area (Å²) < 4.78 is 5.09. The Kier molecular flexibility index (Phi) is 5.45. The van der Waals surface area contributed by atoms with E-state index >= 15 is 0 Å². The zero-order valence-corrected chi connectivity index (χ0v) is 12.0. The summed E-state index contributed by atoms with van der Waals surface area (Å²) in [6.07, 6.45) is 4.38. The number of carbonyl (C=O) groups excluding carboxylic acids is 1. The highest BCUT2D eigenvalue weighted by Crippen LogP contribution is 2.20. The van der Waals surface area contributed by atoms with E-state index in [9.17, 15) is 4.79 Å². The normalized spacial score (nSPS) is 26.4. The average molecular weight is 269 g/mol. The molecule has 0 spiro atoms. The molecule has 0 aromatic heterocycles. The van der Waals surface area contributed by atoms with Crippen LogP contribution in [0.15, 0.2) is 0 Å². The number of likely N-dealkylation sites (tertiary alicyclic amines) is 2. The third-order valence-corrected chi connectivity index (χ3v) is 4.19. The molecule has 0 bridgehead atoms. The Morgan fingerprint density at radius 2 is 2.00 bits per heavy atom. The molecular weight excluding hydrogens is 242 g/mol. The average Bonchev–Trinajstić information content (AvgIpc) is 2.42. The van der Waals surface area contributed by atoms with Crippen LogP contribution in [-0.4, -0.2) is 61.3 Å². The van der Waals surface area contributed by atoms with Gasteiger partial charge >= 0.3 is 6.09 Å². The molecule has 1 atom stereocenters. The molecule has 2 aliphatic heterocycles. The molecule has 110 valence electrons. The highest BCUT2D eigenvalue weighted by atomic mass is 16.6. The Balaban J connectivity index is 1.76. The van der Waals surface area contributed by atoms with Crippen molar-refractivity contribution in [3.05, 3.63) is 0 Å². The van der Waals surface area contributed by atoms with Gasteiger partial charge in [-0.3, -0.25) is 0 Å². The molecule has 2 N–H and O–H groups in total. The minimum atomic E-state index is -0.145. The molecule has 19 heavy (non-hydrogen) atoms. The summed E-state index contributed by atoms with van der Waals surface area (Å²) in [5.41, 5.74) is 5.93. The third kappa shape index (κ3) is 4.35. The van der Waals surface area contributed by atoms with Crippen LogP contribution in [0.1, 0.15) is 32.6 Å². The fourth-order valence-corrected chi connectivity index (χ4v) is 3.10. The van der Waals surface area contributed by atoms with Gasteiger partial charge in [-0.15, -0.1) is 0 Å². The molecule has 5 nitrogen and oxygen atoms in total. The predicted octanol–water partition coefficient (Wildman–Crippen LogP) is 1.28. The second-order valence-electron chi connectivity index (χ2n) is 5.79. The molecule has 0 saturated carbocycles. The standard InChI is InChI=1S/C14H27N3O2/c1-2-19-14(18)17-7-3-4-12(11-17)10-16-8-5-13(15)6-9-16/h12-13H,2-11,15H2,1H3/t12-/m0/s1. The summed E-state index contributed by atoms with van der Waals surface area (Å²) in [4.78, 5) is 16.1. The SMILES string of the molecule is CCOC(=O)N1CCC[C@@H](CN2CCC(N)CC2)C1. The van der Waals surface area contributed by atoms with Gasteiger partial charge in [-0.1, -0.05) is 0 Å². The highest BCUT2D eigenvalue weighted by Gasteiger charge is 2.27. The Hall–Kier alpha value is -0.810. The largest absolute Gasteiger partial charge is 0.450 e. The van der Waals surface area contributed by atoms with Crippen LogP contribution in [-0.2, 0) is 4.74 Å². The Bertz CT molecular complexity index is 290. The van der Waals surface area contributed by atoms with E-state index in [0.717, 1.165) is 52.0 Å². The van der Waals surface area contributed by atoms with Gasteiger partial charge in [0.25, 0.3) is 0 Å². The van der Waals surface area contributed by atoms with Gasteiger partial charge in [0.2, 0.25) is 0 Å². The second kappa shape index (κ2) is 7.10. The minimum absolute atomic E-state index is 0.145. The van der Waals surface area contributed by atoms with Gasteiger partial charge in [-0.2, -0.15) is 0 Å². The van der Waals surface area contributed by atoms with Crippen LogP contribution < -0.4 is 5.73 Å². The van der Waals surface area contributed by atoms with Gasteiger partial charge in [-0.25, -0.2) is 4.79 Å². The van der Waals surface area contributed by atoms with Crippen molar-refractivity contribution in [1.29, 1.82) is 0 Å². The van der Waals surface area contributed by atoms with E-state index in [1.807, 2.05) is 11.8 Å². The lowest BCUT2D eigenvalue weighted by molar-refractivity contribution is 0.0774. The first kappa shape index (κ1) is 14.6. The molecule has 0 radical (unpaired) electrons. The van der Waals surface area contributed by atoms with E-state index in [1.54, 1.807) is 0 Å². The number of nitrogens with zero attached hydrogens (tertiary/aromatic N) is 2. The van der Waals surface area contributed by atoms with E-state index in [-0.39, 0.29) is 6.09 Å². The van der Waals surface area contributed by atoms with Crippen molar-refractivity contribution in [3.8, 4) is 0 Å². The maximum Gasteiger partial charge on any atom is 0.409 e. The van der Waals surface area contributed by atoms with Crippen molar-refractivity contribution in [2.24, 2.45) is 11.7 Å². The fourth-order valence-electron chi connectivity index (χ4n) is 3.10. The van der Waals surface area contributed by atoms with E-state index < -0.39 is 0 Å². The topological polar surface area (TPSA) is 58.8 Å². The van der Waals surface area contributed by atoms with Crippen molar-refractivity contribution >= 4 is 6.09 Å². The van der Waals surface area contributed by atoms with Gasteiger partial charge in [-0.05, 0) is 51.6 Å². The van der Waals surface area contributed by atoms with Gasteiger partial charge < -0.3 is 20.3 Å². The van der Waals surface area contributed by atoms with Crippen LogP contribution in [0.3, 0.4) is 0 Å². The summed E-state index contributed by atoms with van der Waals surface area (Å²) in [5, 5.41) is 0. The molecule has 2 aliphatic rings. The number of hydrogen-bond donors (Lipinski definition) is 1. The maximum atomic E-state index is 11.8. The minimum Gasteiger partial charge on any atom is -0.450 e. The monoisotopic (exact) mass is 269 g/mol. The van der Waals surface area contributed by atoms with Gasteiger partial charge in [0.15, 0.2) is 0 Å². The van der Waals surface area contributed by atoms with E-state index in [0.29, 0.717) is 18.6 Å². The van der Waals surface area contributed by atoms with Crippen LogP contribution in [0, 0.1) is 5.92 Å². The summed E-state index contributed by atoms with van der Waals surface area (Å²) in [5.74, 6) is 0.590. The van der Waals surface area contributed by atoms with Crippen molar-refractivity contribution in [1.82, 2.24) is 9.80 Å². The van der Waals surface area contributed by atoms with Crippen LogP contribution in [0.4, 0.5) is 4.79 Å². The number of hydrogen-bond acceptors (Lipinski definition) is 4. The lowest BCUT2D eigenvalue weighted by atomic mass is 9.96. The number of rotatable bonds is 3. The molecular formula is C14H27N3O2. The predicted molar refractivity (Wildman–Crippen MR) is 75.0 cm³/mol. The summed E-state index contributed by atoms with van der Waals surface area (Å²) in [6.45, 7) is 7.33. The fraction of sp³-hybridized carbons (Fsp3) is 0.929. The molecule has 2 fully saturated rings. The van der Waals surface area contributed by atoms with E-state index in [4.69, 9.17) is 10.5 Å². The van der Waals surface area contributed by atoms with E-state index in [1.165, 1.54) is 6.42 Å². The van der Waals surface area contributed by atoms with Crippen molar-refractivity contribution in [2.75, 3.05) is 39.3 Å². The maximum absolute atomic E-state index is 11.8. The number of ether oxygens (including phenoxy) is 1. The smallest absolute Gasteiger partial charge is 0.409 e. The number of carbonyl (C=O) groups is 1. The lowest BCUT2D eigenvalue weighted by Crippen LogP contribution is -2.46. The molecule has 1 amide bonds. The van der Waals surface area contributed by atoms with Gasteiger partial charge in [0.1, 0.15) is 0 Å². The van der Waals surface area contributed by atoms with Gasteiger partial charge in [0, 0.05) is 25.7 Å². The molecule has 5 heteroatoms. The Morgan fingerprint density at radius 3 is 2.68 bits per heavy atom. The molecule has 2 rings (SSSR count). The van der Waals surface area contributed by atoms with Crippen molar-refractivity contribution in [3.63, 3.8) is 0 Å². The number of piperidine rings is 2. The molecule has 0 aliphatic carbocycles. The van der Waals surface area contributed by atoms with Gasteiger partial charge in [0.05, 0.1) is 6.61 Å². The quantitative estimate of drug-likeness (QED) is 0.838. The molecule has 2 heterocycles. The second-order valence-corrected chi connectivity index (χ2v) is 5.79. The zero-order valence-electron chi connectivity index (χ0n) is 12.0. The Labute approximate surface area is 116 Å². The molecule has 0 aromatic rings. The van der Waals surface area contributed by atoms with Crippen molar-refractivity contribution in [2.45, 2.75) is 38.6 Å². The lowest BCUT2D eigenvalue weighted by Gasteiger charge is -2.37. The van der Waals surface area contributed by atoms with Crippen LogP contribution >= 0.6 is 0 Å². The highest BCUT2D eigenvalue weighted by molar-refractivity contribution is 5.67. The van der Waals surface area contributed by atoms with Crippen molar-refractivity contribution < 1.29 is 9.53 Å². The summed E-state index contributed by atoms with van der Waals surface area (Å²) >= 11 is 0. The first-order valence-corrected chi connectivity index (χ1v) is 7.58. The van der Waals surface area contributed by atoms with Crippen LogP contribution in [0.5, 0.6) is 0 Å². The zero-order chi connectivity index (χ0) is 13.7. The Morgan fingerprint density at radius 1 is 1.26 bits per heavy atom. The van der Waals surface area contributed by atoms with E-state index in [2.05, 4.69) is 4.90 Å². The number of amides is 1.